The maximum Gasteiger partial charge on any atom is 0.295 e. The van der Waals surface area contributed by atoms with Crippen molar-refractivity contribution in [1.82, 2.24) is 4.90 Å². The third-order valence-electron chi connectivity index (χ3n) is 5.88. The summed E-state index contributed by atoms with van der Waals surface area (Å²) in [4.78, 5) is 27.5. The number of ether oxygens (including phenoxy) is 3. The number of benzene rings is 2. The monoisotopic (exact) mass is 467 g/mol. The summed E-state index contributed by atoms with van der Waals surface area (Å²) in [6.45, 7) is 5.04. The lowest BCUT2D eigenvalue weighted by atomic mass is 9.94. The molecule has 2 aromatic rings. The molecule has 182 valence electrons. The van der Waals surface area contributed by atoms with E-state index in [4.69, 9.17) is 14.2 Å². The van der Waals surface area contributed by atoms with Crippen LogP contribution in [0.4, 0.5) is 0 Å². The molecule has 7 nitrogen and oxygen atoms in total. The van der Waals surface area contributed by atoms with Gasteiger partial charge in [-0.15, -0.1) is 0 Å². The number of carbonyl (C=O) groups is 2. The molecule has 1 N–H and O–H groups in total. The van der Waals surface area contributed by atoms with E-state index in [9.17, 15) is 14.7 Å². The van der Waals surface area contributed by atoms with Crippen molar-refractivity contribution in [3.63, 3.8) is 0 Å². The van der Waals surface area contributed by atoms with Gasteiger partial charge in [0, 0.05) is 17.7 Å². The topological polar surface area (TPSA) is 85.3 Å². The number of amides is 1. The zero-order valence-corrected chi connectivity index (χ0v) is 20.3. The van der Waals surface area contributed by atoms with Crippen molar-refractivity contribution in [3.05, 3.63) is 59.2 Å². The highest BCUT2D eigenvalue weighted by Crippen LogP contribution is 2.45. The number of aliphatic hydroxyl groups is 1. The summed E-state index contributed by atoms with van der Waals surface area (Å²) in [6, 6.07) is 11.4. The number of Topliss-reactive ketones (excluding diaryl/α,β-unsaturated/α-hetero) is 1. The molecule has 0 spiro atoms. The van der Waals surface area contributed by atoms with Gasteiger partial charge in [-0.3, -0.25) is 9.59 Å². The van der Waals surface area contributed by atoms with E-state index < -0.39 is 17.7 Å². The zero-order valence-electron chi connectivity index (χ0n) is 20.3. The number of nitrogens with zero attached hydrogens (tertiary/aromatic N) is 1. The van der Waals surface area contributed by atoms with Crippen molar-refractivity contribution in [2.24, 2.45) is 0 Å². The molecule has 1 amide bonds. The standard InChI is InChI=1S/C27H33NO6/c1-5-7-8-17-34-19-14-12-18(13-15-19)24(29)22-23(28(16-6-2)27(31)25(22)30)20-10-9-11-21(32-3)26(20)33-4/h9-15,23,29H,5-8,16-17H2,1-4H3/b24-22+. The summed E-state index contributed by atoms with van der Waals surface area (Å²) in [5, 5.41) is 11.2. The third kappa shape index (κ3) is 5.03. The van der Waals surface area contributed by atoms with Crippen LogP contribution in [0.5, 0.6) is 17.2 Å². The van der Waals surface area contributed by atoms with Crippen molar-refractivity contribution >= 4 is 17.4 Å². The van der Waals surface area contributed by atoms with E-state index in [1.807, 2.05) is 6.92 Å². The lowest BCUT2D eigenvalue weighted by Crippen LogP contribution is -2.30. The maximum atomic E-state index is 13.1. The molecule has 0 aromatic heterocycles. The van der Waals surface area contributed by atoms with Crippen LogP contribution < -0.4 is 14.2 Å². The predicted molar refractivity (Wildman–Crippen MR) is 130 cm³/mol. The number of unbranched alkanes of at least 4 members (excludes halogenated alkanes) is 2. The summed E-state index contributed by atoms with van der Waals surface area (Å²) in [5.74, 6) is -0.0179. The fourth-order valence-electron chi connectivity index (χ4n) is 4.21. The van der Waals surface area contributed by atoms with Crippen LogP contribution in [-0.2, 0) is 9.59 Å². The Kier molecular flexibility index (Phi) is 8.57. The van der Waals surface area contributed by atoms with Crippen LogP contribution in [0, 0.1) is 0 Å². The van der Waals surface area contributed by atoms with Gasteiger partial charge in [0.05, 0.1) is 32.4 Å². The average molecular weight is 468 g/mol. The molecule has 7 heteroatoms. The minimum Gasteiger partial charge on any atom is -0.507 e. The van der Waals surface area contributed by atoms with Gasteiger partial charge in [-0.2, -0.15) is 0 Å². The second-order valence-corrected chi connectivity index (χ2v) is 8.16. The second kappa shape index (κ2) is 11.6. The number of hydrogen-bond donors (Lipinski definition) is 1. The second-order valence-electron chi connectivity index (χ2n) is 8.16. The number of ketones is 1. The molecule has 2 aromatic carbocycles. The zero-order chi connectivity index (χ0) is 24.7. The van der Waals surface area contributed by atoms with Gasteiger partial charge >= 0.3 is 0 Å². The summed E-state index contributed by atoms with van der Waals surface area (Å²) in [5.41, 5.74) is 1.04. The van der Waals surface area contributed by atoms with E-state index in [-0.39, 0.29) is 11.3 Å². The minimum absolute atomic E-state index is 0.0293. The van der Waals surface area contributed by atoms with E-state index in [0.29, 0.717) is 47.9 Å². The van der Waals surface area contributed by atoms with Gasteiger partial charge in [0.1, 0.15) is 11.5 Å². The molecule has 0 bridgehead atoms. The van der Waals surface area contributed by atoms with Crippen LogP contribution in [0.1, 0.15) is 56.7 Å². The van der Waals surface area contributed by atoms with Crippen molar-refractivity contribution in [1.29, 1.82) is 0 Å². The molecule has 1 fully saturated rings. The molecule has 0 aliphatic carbocycles. The molecular weight excluding hydrogens is 434 g/mol. The van der Waals surface area contributed by atoms with Crippen LogP contribution in [-0.4, -0.2) is 49.1 Å². The Morgan fingerprint density at radius 2 is 1.71 bits per heavy atom. The molecule has 1 saturated heterocycles. The Morgan fingerprint density at radius 3 is 2.32 bits per heavy atom. The van der Waals surface area contributed by atoms with Gasteiger partial charge in [0.15, 0.2) is 11.5 Å². The first-order valence-corrected chi connectivity index (χ1v) is 11.7. The van der Waals surface area contributed by atoms with Crippen LogP contribution in [0.15, 0.2) is 48.0 Å². The van der Waals surface area contributed by atoms with Crippen molar-refractivity contribution in [2.45, 2.75) is 45.6 Å². The van der Waals surface area contributed by atoms with Gasteiger partial charge in [-0.1, -0.05) is 38.8 Å². The van der Waals surface area contributed by atoms with Crippen molar-refractivity contribution < 1.29 is 28.9 Å². The highest BCUT2D eigenvalue weighted by Gasteiger charge is 2.47. The Morgan fingerprint density at radius 1 is 0.971 bits per heavy atom. The molecule has 0 radical (unpaired) electrons. The highest BCUT2D eigenvalue weighted by molar-refractivity contribution is 6.46. The first-order chi connectivity index (χ1) is 16.5. The SMILES string of the molecule is CCCCCOc1ccc(/C(O)=C2\C(=O)C(=O)N(CCC)C2c2cccc(OC)c2OC)cc1. The number of rotatable bonds is 11. The largest absolute Gasteiger partial charge is 0.507 e. The van der Waals surface area contributed by atoms with E-state index >= 15 is 0 Å². The normalized spacial score (nSPS) is 17.2. The number of hydrogen-bond acceptors (Lipinski definition) is 6. The number of para-hydroxylation sites is 1. The first-order valence-electron chi connectivity index (χ1n) is 11.7. The summed E-state index contributed by atoms with van der Waals surface area (Å²) in [7, 11) is 3.03. The van der Waals surface area contributed by atoms with Crippen molar-refractivity contribution in [3.8, 4) is 17.2 Å². The molecule has 1 unspecified atom stereocenters. The molecule has 1 atom stereocenters. The Hall–Kier alpha value is -3.48. The predicted octanol–water partition coefficient (Wildman–Crippen LogP) is 5.10. The van der Waals surface area contributed by atoms with E-state index in [2.05, 4.69) is 6.92 Å². The van der Waals surface area contributed by atoms with Gasteiger partial charge in [0.25, 0.3) is 11.7 Å². The minimum atomic E-state index is -0.796. The Bertz CT molecular complexity index is 1040. The number of aliphatic hydroxyl groups excluding tert-OH is 1. The summed E-state index contributed by atoms with van der Waals surface area (Å²) in [6.07, 6.45) is 3.84. The third-order valence-corrected chi connectivity index (χ3v) is 5.88. The molecule has 1 aliphatic rings. The summed E-state index contributed by atoms with van der Waals surface area (Å²) < 4.78 is 16.8. The van der Waals surface area contributed by atoms with Crippen molar-refractivity contribution in [2.75, 3.05) is 27.4 Å². The molecule has 1 aliphatic heterocycles. The lowest BCUT2D eigenvalue weighted by Gasteiger charge is -2.26. The van der Waals surface area contributed by atoms with E-state index in [1.54, 1.807) is 42.5 Å². The van der Waals surface area contributed by atoms with Gasteiger partial charge < -0.3 is 24.2 Å². The summed E-state index contributed by atoms with van der Waals surface area (Å²) >= 11 is 0. The molecule has 3 rings (SSSR count). The maximum absolute atomic E-state index is 13.1. The average Bonchev–Trinajstić information content (AvgIpc) is 3.11. The number of carbonyl (C=O) groups excluding carboxylic acids is 2. The van der Waals surface area contributed by atoms with Gasteiger partial charge in [0.2, 0.25) is 0 Å². The molecule has 0 saturated carbocycles. The van der Waals surface area contributed by atoms with Crippen LogP contribution in [0.2, 0.25) is 0 Å². The molecule has 1 heterocycles. The van der Waals surface area contributed by atoms with E-state index in [1.165, 1.54) is 19.1 Å². The molecule has 34 heavy (non-hydrogen) atoms. The number of methoxy groups -OCH3 is 2. The first kappa shape index (κ1) is 25.1. The fourth-order valence-corrected chi connectivity index (χ4v) is 4.21. The molecular formula is C27H33NO6. The number of likely N-dealkylation sites (tertiary alicyclic amines) is 1. The van der Waals surface area contributed by atoms with E-state index in [0.717, 1.165) is 19.3 Å². The smallest absolute Gasteiger partial charge is 0.295 e. The Labute approximate surface area is 200 Å². The van der Waals surface area contributed by atoms with Crippen LogP contribution in [0.25, 0.3) is 5.76 Å². The highest BCUT2D eigenvalue weighted by atomic mass is 16.5. The quantitative estimate of drug-likeness (QED) is 0.214. The fraction of sp³-hybridized carbons (Fsp3) is 0.407. The van der Waals surface area contributed by atoms with Crippen LogP contribution >= 0.6 is 0 Å². The van der Waals surface area contributed by atoms with Gasteiger partial charge in [-0.05, 0) is 43.2 Å². The van der Waals surface area contributed by atoms with Crippen LogP contribution in [0.3, 0.4) is 0 Å². The van der Waals surface area contributed by atoms with Gasteiger partial charge in [-0.25, -0.2) is 0 Å². The Balaban J connectivity index is 2.05. The lowest BCUT2D eigenvalue weighted by molar-refractivity contribution is -0.139.